The van der Waals surface area contributed by atoms with E-state index < -0.39 is 12.0 Å². The molecule has 3 heterocycles. The molecule has 0 fully saturated rings. The fraction of sp³-hybridized carbons (Fsp3) is 0.226. The molecule has 1 atom stereocenters. The maximum atomic E-state index is 13.0. The second kappa shape index (κ2) is 12.7. The number of methoxy groups -OCH3 is 1. The zero-order valence-electron chi connectivity index (χ0n) is 22.4. The lowest BCUT2D eigenvalue weighted by Gasteiger charge is -2.36. The summed E-state index contributed by atoms with van der Waals surface area (Å²) in [5.41, 5.74) is 4.58. The Morgan fingerprint density at radius 3 is 2.65 bits per heavy atom. The van der Waals surface area contributed by atoms with Gasteiger partial charge in [0.2, 0.25) is 5.91 Å². The third-order valence-electron chi connectivity index (χ3n) is 6.60. The molecule has 2 aliphatic heterocycles. The molecule has 1 amide bonds. The minimum absolute atomic E-state index is 0.117. The van der Waals surface area contributed by atoms with Gasteiger partial charge in [0.05, 0.1) is 30.8 Å². The van der Waals surface area contributed by atoms with Crippen molar-refractivity contribution < 1.29 is 19.1 Å². The van der Waals surface area contributed by atoms with Gasteiger partial charge in [0.25, 0.3) is 0 Å². The van der Waals surface area contributed by atoms with Gasteiger partial charge in [0.1, 0.15) is 12.4 Å². The van der Waals surface area contributed by atoms with Gasteiger partial charge in [-0.15, -0.1) is 0 Å². The second-order valence-electron chi connectivity index (χ2n) is 9.33. The third-order valence-corrected chi connectivity index (χ3v) is 7.49. The monoisotopic (exact) mass is 554 g/mol. The third kappa shape index (κ3) is 6.26. The molecule has 2 aromatic carbocycles. The molecular weight excluding hydrogens is 524 g/mol. The number of amidine groups is 1. The van der Waals surface area contributed by atoms with Gasteiger partial charge in [-0.1, -0.05) is 60.3 Å². The molecule has 1 N–H and O–H groups in total. The Bertz CT molecular complexity index is 1470. The Morgan fingerprint density at radius 1 is 1.05 bits per heavy atom. The smallest absolute Gasteiger partial charge is 0.338 e. The van der Waals surface area contributed by atoms with Crippen LogP contribution in [-0.4, -0.2) is 40.6 Å². The first-order valence-corrected chi connectivity index (χ1v) is 13.9. The molecule has 1 aromatic heterocycles. The number of nitrogens with zero attached hydrogens (tertiary/aromatic N) is 3. The van der Waals surface area contributed by atoms with Gasteiger partial charge in [-0.25, -0.2) is 9.79 Å². The number of carbonyl (C=O) groups excluding carboxylic acids is 2. The van der Waals surface area contributed by atoms with E-state index in [9.17, 15) is 9.59 Å². The number of hydrogen-bond donors (Lipinski definition) is 1. The Kier molecular flexibility index (Phi) is 8.61. The van der Waals surface area contributed by atoms with Gasteiger partial charge >= 0.3 is 5.97 Å². The minimum Gasteiger partial charge on any atom is -0.489 e. The highest BCUT2D eigenvalue weighted by atomic mass is 32.2. The molecule has 0 saturated carbocycles. The highest BCUT2D eigenvalue weighted by Gasteiger charge is 2.41. The first-order chi connectivity index (χ1) is 19.5. The predicted octanol–water partition coefficient (Wildman–Crippen LogP) is 5.16. The highest BCUT2D eigenvalue weighted by Crippen LogP contribution is 2.45. The van der Waals surface area contributed by atoms with Gasteiger partial charge < -0.3 is 19.7 Å². The molecule has 0 unspecified atom stereocenters. The van der Waals surface area contributed by atoms with Crippen LogP contribution in [0.15, 0.2) is 106 Å². The largest absolute Gasteiger partial charge is 0.489 e. The molecule has 40 heavy (non-hydrogen) atoms. The Labute approximate surface area is 237 Å². The number of fused-ring (bicyclic) bond motifs is 1. The number of hydrogen-bond acceptors (Lipinski definition) is 8. The molecule has 0 saturated heterocycles. The van der Waals surface area contributed by atoms with Gasteiger partial charge in [-0.3, -0.25) is 9.78 Å². The molecule has 0 aliphatic carbocycles. The standard InChI is InChI=1S/C31H30N4O4S/c1-21-28(30(37)38-2)29(23-11-8-13-26(17-23)39-19-22-9-4-3-5-10-22)35-25(20-40-31(35)34-21)18-27(36)33-16-14-24-12-6-7-15-32-24/h3-13,15,17,20,29H,14,16,18-19H2,1-2H3,(H,33,36)/t29-/m0/s1. The molecule has 0 spiro atoms. The van der Waals surface area contributed by atoms with Gasteiger partial charge in [0, 0.05) is 30.6 Å². The lowest BCUT2D eigenvalue weighted by molar-refractivity contribution is -0.136. The molecule has 0 radical (unpaired) electrons. The molecular formula is C31H30N4O4S. The fourth-order valence-electron chi connectivity index (χ4n) is 4.67. The van der Waals surface area contributed by atoms with Crippen molar-refractivity contribution in [3.05, 3.63) is 118 Å². The van der Waals surface area contributed by atoms with Crippen LogP contribution in [0, 0.1) is 0 Å². The van der Waals surface area contributed by atoms with Crippen molar-refractivity contribution in [1.29, 1.82) is 0 Å². The number of aliphatic imine (C=N–C) groups is 1. The molecule has 8 nitrogen and oxygen atoms in total. The lowest BCUT2D eigenvalue weighted by atomic mass is 9.93. The number of esters is 1. The van der Waals surface area contributed by atoms with Crippen molar-refractivity contribution in [3.8, 4) is 5.75 Å². The number of thioether (sulfide) groups is 1. The van der Waals surface area contributed by atoms with Crippen LogP contribution in [0.5, 0.6) is 5.75 Å². The molecule has 9 heteroatoms. The highest BCUT2D eigenvalue weighted by molar-refractivity contribution is 8.16. The van der Waals surface area contributed by atoms with Crippen LogP contribution in [0.3, 0.4) is 0 Å². The van der Waals surface area contributed by atoms with Crippen LogP contribution in [0.25, 0.3) is 0 Å². The average Bonchev–Trinajstić information content (AvgIpc) is 3.37. The number of nitrogens with one attached hydrogen (secondary N) is 1. The van der Waals surface area contributed by atoms with Gasteiger partial charge in [-0.2, -0.15) is 0 Å². The van der Waals surface area contributed by atoms with Crippen molar-refractivity contribution in [2.45, 2.75) is 32.4 Å². The summed E-state index contributed by atoms with van der Waals surface area (Å²) in [4.78, 5) is 36.9. The van der Waals surface area contributed by atoms with Crippen molar-refractivity contribution in [2.75, 3.05) is 13.7 Å². The van der Waals surface area contributed by atoms with E-state index in [0.717, 1.165) is 22.5 Å². The maximum Gasteiger partial charge on any atom is 0.338 e. The summed E-state index contributed by atoms with van der Waals surface area (Å²) in [6.07, 6.45) is 2.53. The Hall–Kier alpha value is -4.37. The summed E-state index contributed by atoms with van der Waals surface area (Å²) in [5, 5.41) is 5.62. The van der Waals surface area contributed by atoms with Crippen LogP contribution in [0.4, 0.5) is 0 Å². The van der Waals surface area contributed by atoms with E-state index in [0.29, 0.717) is 41.8 Å². The number of benzene rings is 2. The van der Waals surface area contributed by atoms with Gasteiger partial charge in [0.15, 0.2) is 5.17 Å². The lowest BCUT2D eigenvalue weighted by Crippen LogP contribution is -2.38. The summed E-state index contributed by atoms with van der Waals surface area (Å²) in [6.45, 7) is 2.71. The molecule has 3 aromatic rings. The summed E-state index contributed by atoms with van der Waals surface area (Å²) >= 11 is 1.44. The summed E-state index contributed by atoms with van der Waals surface area (Å²) in [5.74, 6) is 0.0996. The summed E-state index contributed by atoms with van der Waals surface area (Å²) < 4.78 is 11.3. The van der Waals surface area contributed by atoms with Crippen molar-refractivity contribution in [2.24, 2.45) is 4.99 Å². The molecule has 2 aliphatic rings. The number of pyridine rings is 1. The van der Waals surface area contributed by atoms with Gasteiger partial charge in [-0.05, 0) is 47.7 Å². The number of ether oxygens (including phenoxy) is 2. The Balaban J connectivity index is 1.36. The maximum absolute atomic E-state index is 13.0. The zero-order valence-corrected chi connectivity index (χ0v) is 23.2. The first kappa shape index (κ1) is 27.2. The van der Waals surface area contributed by atoms with E-state index in [1.165, 1.54) is 18.9 Å². The average molecular weight is 555 g/mol. The molecule has 5 rings (SSSR count). The molecule has 0 bridgehead atoms. The number of rotatable bonds is 10. The number of carbonyl (C=O) groups is 2. The van der Waals surface area contributed by atoms with E-state index in [4.69, 9.17) is 9.47 Å². The topological polar surface area (TPSA) is 93.1 Å². The van der Waals surface area contributed by atoms with E-state index in [1.54, 1.807) is 6.20 Å². The number of amides is 1. The van der Waals surface area contributed by atoms with Crippen LogP contribution < -0.4 is 10.1 Å². The van der Waals surface area contributed by atoms with Crippen LogP contribution in [0.1, 0.15) is 36.2 Å². The van der Waals surface area contributed by atoms with E-state index >= 15 is 0 Å². The molecule has 204 valence electrons. The van der Waals surface area contributed by atoms with Crippen molar-refractivity contribution in [1.82, 2.24) is 15.2 Å². The van der Waals surface area contributed by atoms with Crippen LogP contribution >= 0.6 is 11.8 Å². The van der Waals surface area contributed by atoms with Crippen molar-refractivity contribution >= 4 is 28.8 Å². The minimum atomic E-state index is -0.525. The SMILES string of the molecule is COC(=O)C1=C(C)N=C2SC=C(CC(=O)NCCc3ccccn3)N2[C@H]1c1cccc(OCc2ccccc2)c1. The van der Waals surface area contributed by atoms with E-state index in [-0.39, 0.29) is 12.3 Å². The second-order valence-corrected chi connectivity index (χ2v) is 10.2. The Morgan fingerprint density at radius 2 is 1.88 bits per heavy atom. The predicted molar refractivity (Wildman–Crippen MR) is 155 cm³/mol. The van der Waals surface area contributed by atoms with E-state index in [1.807, 2.05) is 90.0 Å². The number of aromatic nitrogens is 1. The number of allylic oxidation sites excluding steroid dienone is 1. The van der Waals surface area contributed by atoms with Crippen LogP contribution in [-0.2, 0) is 27.4 Å². The normalized spacial score (nSPS) is 16.1. The van der Waals surface area contributed by atoms with Crippen molar-refractivity contribution in [3.63, 3.8) is 0 Å². The quantitative estimate of drug-likeness (QED) is 0.346. The zero-order chi connectivity index (χ0) is 27.9. The van der Waals surface area contributed by atoms with Crippen LogP contribution in [0.2, 0.25) is 0 Å². The summed E-state index contributed by atoms with van der Waals surface area (Å²) in [6, 6.07) is 22.8. The fourth-order valence-corrected chi connectivity index (χ4v) is 5.64. The van der Waals surface area contributed by atoms with E-state index in [2.05, 4.69) is 15.3 Å². The first-order valence-electron chi connectivity index (χ1n) is 13.0. The summed E-state index contributed by atoms with van der Waals surface area (Å²) in [7, 11) is 1.36.